The van der Waals surface area contributed by atoms with Gasteiger partial charge in [0.15, 0.2) is 0 Å². The third-order valence-corrected chi connectivity index (χ3v) is 5.99. The summed E-state index contributed by atoms with van der Waals surface area (Å²) in [4.78, 5) is 17.0. The lowest BCUT2D eigenvalue weighted by Crippen LogP contribution is -2.43. The summed E-state index contributed by atoms with van der Waals surface area (Å²) in [5.74, 6) is 1.19. The molecule has 0 unspecified atom stereocenters. The molecule has 4 heteroatoms. The monoisotopic (exact) mass is 344 g/mol. The lowest BCUT2D eigenvalue weighted by Gasteiger charge is -2.41. The zero-order chi connectivity index (χ0) is 17.5. The van der Waals surface area contributed by atoms with Crippen molar-refractivity contribution in [3.8, 4) is 5.75 Å². The topological polar surface area (TPSA) is 32.8 Å². The van der Waals surface area contributed by atoms with Crippen LogP contribution in [0.4, 0.5) is 0 Å². The van der Waals surface area contributed by atoms with E-state index < -0.39 is 0 Å². The highest BCUT2D eigenvalue weighted by molar-refractivity contribution is 5.76. The minimum Gasteiger partial charge on any atom is -0.494 e. The average Bonchev–Trinajstić information content (AvgIpc) is 2.82. The van der Waals surface area contributed by atoms with Gasteiger partial charge in [-0.25, -0.2) is 0 Å². The number of amides is 1. The van der Waals surface area contributed by atoms with Gasteiger partial charge in [0.2, 0.25) is 5.91 Å². The average molecular weight is 344 g/mol. The highest BCUT2D eigenvalue weighted by Crippen LogP contribution is 2.41. The standard InChI is InChI=1S/C21H32N2O2/c1-22-14-6-10-21(11-15-22)12-16-23(17-13-21)20(24)9-5-18-25-19-7-3-2-4-8-19/h2-4,7-8H,5-6,9-18H2,1H3. The van der Waals surface area contributed by atoms with Crippen molar-refractivity contribution in [1.29, 1.82) is 0 Å². The minimum absolute atomic E-state index is 0.303. The van der Waals surface area contributed by atoms with Crippen molar-refractivity contribution in [3.05, 3.63) is 30.3 Å². The Balaban J connectivity index is 1.36. The molecule has 4 nitrogen and oxygen atoms in total. The van der Waals surface area contributed by atoms with Crippen LogP contribution >= 0.6 is 0 Å². The van der Waals surface area contributed by atoms with Crippen molar-refractivity contribution in [1.82, 2.24) is 9.80 Å². The van der Waals surface area contributed by atoms with Gasteiger partial charge in [0, 0.05) is 19.5 Å². The summed E-state index contributed by atoms with van der Waals surface area (Å²) in [6, 6.07) is 9.82. The van der Waals surface area contributed by atoms with Gasteiger partial charge in [-0.2, -0.15) is 0 Å². The first kappa shape index (κ1) is 18.2. The van der Waals surface area contributed by atoms with E-state index in [1.807, 2.05) is 30.3 Å². The first-order valence-corrected chi connectivity index (χ1v) is 9.81. The summed E-state index contributed by atoms with van der Waals surface area (Å²) in [5, 5.41) is 0. The van der Waals surface area contributed by atoms with Gasteiger partial charge in [-0.15, -0.1) is 0 Å². The summed E-state index contributed by atoms with van der Waals surface area (Å²) in [6.45, 7) is 4.95. The van der Waals surface area contributed by atoms with Crippen LogP contribution in [0.3, 0.4) is 0 Å². The number of carbonyl (C=O) groups is 1. The molecule has 2 saturated heterocycles. The first-order chi connectivity index (χ1) is 12.2. The van der Waals surface area contributed by atoms with Gasteiger partial charge >= 0.3 is 0 Å². The van der Waals surface area contributed by atoms with Crippen molar-refractivity contribution in [2.45, 2.75) is 44.9 Å². The molecule has 25 heavy (non-hydrogen) atoms. The number of piperidine rings is 1. The third kappa shape index (κ3) is 5.21. The lowest BCUT2D eigenvalue weighted by molar-refractivity contribution is -0.133. The third-order valence-electron chi connectivity index (χ3n) is 5.99. The molecule has 3 rings (SSSR count). The maximum atomic E-state index is 12.5. The molecule has 0 saturated carbocycles. The molecule has 1 aromatic rings. The van der Waals surface area contributed by atoms with Crippen LogP contribution < -0.4 is 4.74 Å². The Hall–Kier alpha value is -1.55. The number of carbonyl (C=O) groups excluding carboxylic acids is 1. The zero-order valence-electron chi connectivity index (χ0n) is 15.6. The molecular weight excluding hydrogens is 312 g/mol. The molecule has 2 aliphatic heterocycles. The summed E-state index contributed by atoms with van der Waals surface area (Å²) in [7, 11) is 2.23. The van der Waals surface area contributed by atoms with Gasteiger partial charge in [0.1, 0.15) is 5.75 Å². The molecule has 0 aliphatic carbocycles. The Labute approximate surface area is 152 Å². The lowest BCUT2D eigenvalue weighted by atomic mass is 9.73. The SMILES string of the molecule is CN1CCCC2(CC1)CCN(C(=O)CCCOc1ccccc1)CC2. The van der Waals surface area contributed by atoms with Gasteiger partial charge < -0.3 is 14.5 Å². The molecule has 1 aromatic carbocycles. The van der Waals surface area contributed by atoms with Gasteiger partial charge in [-0.1, -0.05) is 18.2 Å². The van der Waals surface area contributed by atoms with Crippen LogP contribution in [0.25, 0.3) is 0 Å². The van der Waals surface area contributed by atoms with E-state index in [1.54, 1.807) is 0 Å². The molecule has 0 radical (unpaired) electrons. The van der Waals surface area contributed by atoms with Crippen LogP contribution in [-0.4, -0.2) is 55.5 Å². The molecule has 138 valence electrons. The van der Waals surface area contributed by atoms with E-state index in [1.165, 1.54) is 45.2 Å². The Kier molecular flexibility index (Phi) is 6.35. The molecule has 0 N–H and O–H groups in total. The van der Waals surface area contributed by atoms with E-state index in [0.717, 1.165) is 25.3 Å². The van der Waals surface area contributed by atoms with Gasteiger partial charge in [-0.05, 0) is 76.2 Å². The fraction of sp³-hybridized carbons (Fsp3) is 0.667. The number of likely N-dealkylation sites (tertiary alicyclic amines) is 2. The fourth-order valence-electron chi connectivity index (χ4n) is 4.21. The Bertz CT molecular complexity index is 538. The number of para-hydroxylation sites is 1. The van der Waals surface area contributed by atoms with Crippen LogP contribution in [0.1, 0.15) is 44.9 Å². The summed E-state index contributed by atoms with van der Waals surface area (Å²) in [5.41, 5.74) is 0.498. The Morgan fingerprint density at radius 2 is 1.76 bits per heavy atom. The van der Waals surface area contributed by atoms with E-state index in [4.69, 9.17) is 4.74 Å². The number of nitrogens with zero attached hydrogens (tertiary/aromatic N) is 2. The maximum Gasteiger partial charge on any atom is 0.222 e. The van der Waals surface area contributed by atoms with Crippen LogP contribution in [0.15, 0.2) is 30.3 Å². The Morgan fingerprint density at radius 3 is 2.52 bits per heavy atom. The highest BCUT2D eigenvalue weighted by atomic mass is 16.5. The summed E-state index contributed by atoms with van der Waals surface area (Å²) in [6.07, 6.45) is 7.71. The Morgan fingerprint density at radius 1 is 1.04 bits per heavy atom. The molecule has 2 heterocycles. The first-order valence-electron chi connectivity index (χ1n) is 9.81. The van der Waals surface area contributed by atoms with E-state index >= 15 is 0 Å². The van der Waals surface area contributed by atoms with Crippen LogP contribution in [0.2, 0.25) is 0 Å². The highest BCUT2D eigenvalue weighted by Gasteiger charge is 2.36. The number of rotatable bonds is 5. The number of hydrogen-bond acceptors (Lipinski definition) is 3. The molecule has 1 spiro atoms. The van der Waals surface area contributed by atoms with E-state index in [0.29, 0.717) is 24.3 Å². The molecule has 1 amide bonds. The van der Waals surface area contributed by atoms with E-state index in [2.05, 4.69) is 16.8 Å². The number of ether oxygens (including phenoxy) is 1. The minimum atomic E-state index is 0.303. The van der Waals surface area contributed by atoms with Gasteiger partial charge in [0.25, 0.3) is 0 Å². The fourth-order valence-corrected chi connectivity index (χ4v) is 4.21. The molecule has 0 aromatic heterocycles. The predicted octanol–water partition coefficient (Wildman–Crippen LogP) is 3.57. The van der Waals surface area contributed by atoms with E-state index in [9.17, 15) is 4.79 Å². The number of benzene rings is 1. The summed E-state index contributed by atoms with van der Waals surface area (Å²) >= 11 is 0. The van der Waals surface area contributed by atoms with Crippen molar-refractivity contribution < 1.29 is 9.53 Å². The molecule has 0 bridgehead atoms. The van der Waals surface area contributed by atoms with E-state index in [-0.39, 0.29) is 0 Å². The van der Waals surface area contributed by atoms with Crippen LogP contribution in [0, 0.1) is 5.41 Å². The quantitative estimate of drug-likeness (QED) is 0.766. The molecule has 2 aliphatic rings. The molecule has 0 atom stereocenters. The zero-order valence-corrected chi connectivity index (χ0v) is 15.6. The van der Waals surface area contributed by atoms with Crippen LogP contribution in [0.5, 0.6) is 5.75 Å². The van der Waals surface area contributed by atoms with Crippen molar-refractivity contribution in [2.75, 3.05) is 39.8 Å². The van der Waals surface area contributed by atoms with Crippen LogP contribution in [-0.2, 0) is 4.79 Å². The maximum absolute atomic E-state index is 12.5. The molecular formula is C21H32N2O2. The smallest absolute Gasteiger partial charge is 0.222 e. The van der Waals surface area contributed by atoms with Gasteiger partial charge in [0.05, 0.1) is 6.61 Å². The normalized spacial score (nSPS) is 21.1. The molecule has 2 fully saturated rings. The number of hydrogen-bond donors (Lipinski definition) is 0. The second kappa shape index (κ2) is 8.70. The van der Waals surface area contributed by atoms with Crippen molar-refractivity contribution in [2.24, 2.45) is 5.41 Å². The predicted molar refractivity (Wildman–Crippen MR) is 101 cm³/mol. The second-order valence-electron chi connectivity index (χ2n) is 7.80. The van der Waals surface area contributed by atoms with Crippen molar-refractivity contribution >= 4 is 5.91 Å². The summed E-state index contributed by atoms with van der Waals surface area (Å²) < 4.78 is 5.68. The second-order valence-corrected chi connectivity index (χ2v) is 7.80. The van der Waals surface area contributed by atoms with Crippen molar-refractivity contribution in [3.63, 3.8) is 0 Å². The largest absolute Gasteiger partial charge is 0.494 e. The van der Waals surface area contributed by atoms with Gasteiger partial charge in [-0.3, -0.25) is 4.79 Å².